The van der Waals surface area contributed by atoms with Crippen molar-refractivity contribution in [3.63, 3.8) is 0 Å². The van der Waals surface area contributed by atoms with Gasteiger partial charge in [-0.1, -0.05) is 0 Å². The summed E-state index contributed by atoms with van der Waals surface area (Å²) in [6, 6.07) is -0.677. The first-order valence-corrected chi connectivity index (χ1v) is 16.4. The lowest BCUT2D eigenvalue weighted by Gasteiger charge is -2.26. The number of benzene rings is 1. The highest BCUT2D eigenvalue weighted by molar-refractivity contribution is 7.90. The summed E-state index contributed by atoms with van der Waals surface area (Å²) in [5.41, 5.74) is 12.0. The van der Waals surface area contributed by atoms with Crippen LogP contribution >= 0.6 is 11.3 Å². The average Bonchev–Trinajstić information content (AvgIpc) is 3.45. The van der Waals surface area contributed by atoms with E-state index in [4.69, 9.17) is 20.9 Å². The second-order valence-electron chi connectivity index (χ2n) is 11.3. The predicted octanol–water partition coefficient (Wildman–Crippen LogP) is 1.44. The number of aromatic nitrogens is 1. The summed E-state index contributed by atoms with van der Waals surface area (Å²) in [6.07, 6.45) is -0.805. The van der Waals surface area contributed by atoms with Gasteiger partial charge in [-0.2, -0.15) is 0 Å². The smallest absolute Gasteiger partial charge is 0.408 e. The number of nitrogens with two attached hydrogens (primary N) is 2. The van der Waals surface area contributed by atoms with Gasteiger partial charge in [-0.25, -0.2) is 22.9 Å². The third kappa shape index (κ3) is 11.2. The molecule has 1 heterocycles. The fourth-order valence-corrected chi connectivity index (χ4v) is 6.55. The molecule has 0 spiro atoms. The Bertz CT molecular complexity index is 1490. The van der Waals surface area contributed by atoms with Crippen LogP contribution in [-0.4, -0.2) is 73.7 Å². The molecule has 0 fully saturated rings. The van der Waals surface area contributed by atoms with Crippen LogP contribution in [0.1, 0.15) is 67.8 Å². The molecule has 3 amide bonds. The van der Waals surface area contributed by atoms with Crippen molar-refractivity contribution in [3.8, 4) is 5.75 Å². The van der Waals surface area contributed by atoms with Gasteiger partial charge >= 0.3 is 6.09 Å². The molecule has 0 saturated heterocycles. The SMILES string of the molecule is COc1cc(C)c(S(=O)(=O)NC(N)=NCCC[C@H](NC(=O)[C@H](CC(N)=O)NC(=O)OC(C)(C)C)C(O)c2nccs2)c(C)c1C. The Morgan fingerprint density at radius 1 is 1.13 bits per heavy atom. The molecule has 1 aromatic heterocycles. The first kappa shape index (κ1) is 37.2. The van der Waals surface area contributed by atoms with Gasteiger partial charge in [0.25, 0.3) is 10.0 Å². The van der Waals surface area contributed by atoms with Crippen LogP contribution in [0.3, 0.4) is 0 Å². The molecule has 0 aliphatic rings. The Morgan fingerprint density at radius 2 is 1.80 bits per heavy atom. The van der Waals surface area contributed by atoms with E-state index in [1.165, 1.54) is 24.6 Å². The minimum atomic E-state index is -4.07. The topological polar surface area (TPSA) is 237 Å². The van der Waals surface area contributed by atoms with E-state index in [-0.39, 0.29) is 30.2 Å². The number of hydrogen-bond donors (Lipinski definition) is 6. The number of rotatable bonds is 14. The molecule has 17 heteroatoms. The van der Waals surface area contributed by atoms with Crippen LogP contribution < -0.4 is 31.6 Å². The number of nitrogens with one attached hydrogen (secondary N) is 3. The van der Waals surface area contributed by atoms with Crippen molar-refractivity contribution >= 4 is 45.2 Å². The molecule has 1 aromatic carbocycles. The van der Waals surface area contributed by atoms with Crippen LogP contribution in [0.4, 0.5) is 4.79 Å². The number of nitrogens with zero attached hydrogens (tertiary/aromatic N) is 2. The molecule has 0 bridgehead atoms. The summed E-state index contributed by atoms with van der Waals surface area (Å²) in [4.78, 5) is 45.4. The van der Waals surface area contributed by atoms with E-state index in [2.05, 4.69) is 25.3 Å². The molecular formula is C28H43N7O8S2. The Hall–Kier alpha value is -3.96. The monoisotopic (exact) mass is 669 g/mol. The summed E-state index contributed by atoms with van der Waals surface area (Å²) in [6.45, 7) is 10.0. The van der Waals surface area contributed by atoms with Gasteiger partial charge in [0.05, 0.1) is 24.5 Å². The van der Waals surface area contributed by atoms with Crippen molar-refractivity contribution in [2.75, 3.05) is 13.7 Å². The number of hydrogen-bond acceptors (Lipinski definition) is 11. The number of thiazole rings is 1. The minimum absolute atomic E-state index is 0.0335. The number of carbonyl (C=O) groups excluding carboxylic acids is 3. The molecule has 3 atom stereocenters. The lowest BCUT2D eigenvalue weighted by molar-refractivity contribution is -0.128. The minimum Gasteiger partial charge on any atom is -0.496 e. The van der Waals surface area contributed by atoms with Gasteiger partial charge in [0, 0.05) is 18.1 Å². The molecule has 0 aliphatic carbocycles. The van der Waals surface area contributed by atoms with Crippen molar-refractivity contribution in [1.82, 2.24) is 20.3 Å². The molecular weight excluding hydrogens is 626 g/mol. The van der Waals surface area contributed by atoms with Gasteiger partial charge in [0.1, 0.15) is 28.5 Å². The van der Waals surface area contributed by atoms with E-state index < -0.39 is 58.1 Å². The number of aryl methyl sites for hydroxylation is 1. The van der Waals surface area contributed by atoms with E-state index in [1.54, 1.807) is 53.0 Å². The highest BCUT2D eigenvalue weighted by Gasteiger charge is 2.31. The van der Waals surface area contributed by atoms with E-state index in [0.717, 1.165) is 0 Å². The third-order valence-electron chi connectivity index (χ3n) is 6.49. The maximum absolute atomic E-state index is 13.2. The van der Waals surface area contributed by atoms with Gasteiger partial charge in [-0.15, -0.1) is 11.3 Å². The molecule has 8 N–H and O–H groups in total. The largest absolute Gasteiger partial charge is 0.496 e. The van der Waals surface area contributed by atoms with Crippen molar-refractivity contribution < 1.29 is 37.4 Å². The molecule has 0 radical (unpaired) electrons. The normalized spacial score (nSPS) is 14.2. The lowest BCUT2D eigenvalue weighted by Crippen LogP contribution is -2.53. The Labute approximate surface area is 267 Å². The molecule has 1 unspecified atom stereocenters. The highest BCUT2D eigenvalue weighted by Crippen LogP contribution is 2.30. The number of aliphatic hydroxyl groups is 1. The molecule has 250 valence electrons. The van der Waals surface area contributed by atoms with Crippen LogP contribution in [0.2, 0.25) is 0 Å². The second-order valence-corrected chi connectivity index (χ2v) is 13.8. The first-order chi connectivity index (χ1) is 20.9. The quantitative estimate of drug-likeness (QED) is 0.0961. The van der Waals surface area contributed by atoms with Crippen LogP contribution in [0.5, 0.6) is 5.75 Å². The molecule has 15 nitrogen and oxygen atoms in total. The maximum Gasteiger partial charge on any atom is 0.408 e. The number of alkyl carbamates (subject to hydrolysis) is 1. The zero-order valence-corrected chi connectivity index (χ0v) is 28.1. The number of sulfonamides is 1. The zero-order chi connectivity index (χ0) is 34.1. The van der Waals surface area contributed by atoms with Gasteiger partial charge in [0.15, 0.2) is 0 Å². The number of methoxy groups -OCH3 is 1. The molecule has 2 aromatic rings. The van der Waals surface area contributed by atoms with Crippen molar-refractivity contribution in [1.29, 1.82) is 0 Å². The standard InChI is InChI=1S/C28H43N7O8S2/c1-15-13-20(42-7)16(2)17(3)23(15)45(40,41)35-26(30)32-10-8-9-18(22(37)25-31-11-12-44-25)33-24(38)19(14-21(29)36)34-27(39)43-28(4,5)6/h11-13,18-19,22,37H,8-10,14H2,1-7H3,(H2,29,36)(H,33,38)(H,34,39)(H3,30,32,35)/t18-,19-,22?/m0/s1. The Kier molecular flexibility index (Phi) is 13.1. The number of aliphatic imine (C=N–C) groups is 1. The van der Waals surface area contributed by atoms with E-state index in [9.17, 15) is 27.9 Å². The van der Waals surface area contributed by atoms with Crippen LogP contribution in [-0.2, 0) is 24.3 Å². The fraction of sp³-hybridized carbons (Fsp3) is 0.536. The van der Waals surface area contributed by atoms with E-state index >= 15 is 0 Å². The molecule has 0 saturated carbocycles. The number of aliphatic hydroxyl groups excluding tert-OH is 1. The van der Waals surface area contributed by atoms with Crippen LogP contribution in [0, 0.1) is 20.8 Å². The summed E-state index contributed by atoms with van der Waals surface area (Å²) >= 11 is 1.17. The van der Waals surface area contributed by atoms with Gasteiger partial charge in [-0.05, 0) is 77.1 Å². The van der Waals surface area contributed by atoms with Gasteiger partial charge in [0.2, 0.25) is 17.8 Å². The van der Waals surface area contributed by atoms with E-state index in [1.807, 2.05) is 0 Å². The van der Waals surface area contributed by atoms with Crippen LogP contribution in [0.15, 0.2) is 27.5 Å². The number of ether oxygens (including phenoxy) is 2. The summed E-state index contributed by atoms with van der Waals surface area (Å²) < 4.78 is 39.1. The van der Waals surface area contributed by atoms with Crippen LogP contribution in [0.25, 0.3) is 0 Å². The van der Waals surface area contributed by atoms with Gasteiger partial charge in [-0.3, -0.25) is 14.6 Å². The zero-order valence-electron chi connectivity index (χ0n) is 26.5. The maximum atomic E-state index is 13.2. The number of carbonyl (C=O) groups is 3. The van der Waals surface area contributed by atoms with Crippen molar-refractivity contribution in [3.05, 3.63) is 39.3 Å². The van der Waals surface area contributed by atoms with Gasteiger partial charge < -0.3 is 36.7 Å². The first-order valence-electron chi connectivity index (χ1n) is 14.0. The fourth-order valence-electron chi connectivity index (χ4n) is 4.38. The number of guanidine groups is 1. The third-order valence-corrected chi connectivity index (χ3v) is 8.98. The molecule has 2 rings (SSSR count). The average molecular weight is 670 g/mol. The lowest BCUT2D eigenvalue weighted by atomic mass is 10.0. The Balaban J connectivity index is 2.16. The second kappa shape index (κ2) is 15.9. The number of primary amides is 1. The van der Waals surface area contributed by atoms with E-state index in [0.29, 0.717) is 27.4 Å². The predicted molar refractivity (Wildman–Crippen MR) is 169 cm³/mol. The molecule has 45 heavy (non-hydrogen) atoms. The summed E-state index contributed by atoms with van der Waals surface area (Å²) in [5.74, 6) is -1.40. The highest BCUT2D eigenvalue weighted by atomic mass is 32.2. The molecule has 0 aliphatic heterocycles. The Morgan fingerprint density at radius 3 is 2.36 bits per heavy atom. The van der Waals surface area contributed by atoms with Crippen molar-refractivity contribution in [2.24, 2.45) is 16.5 Å². The summed E-state index contributed by atoms with van der Waals surface area (Å²) in [5, 5.41) is 18.0. The number of amides is 3. The van der Waals surface area contributed by atoms with Crippen molar-refractivity contribution in [2.45, 2.75) is 89.5 Å². The summed E-state index contributed by atoms with van der Waals surface area (Å²) in [7, 11) is -2.57.